The van der Waals surface area contributed by atoms with Crippen molar-refractivity contribution in [3.63, 3.8) is 0 Å². The highest BCUT2D eigenvalue weighted by Gasteiger charge is 2.28. The third-order valence-corrected chi connectivity index (χ3v) is 3.89. The minimum atomic E-state index is -0.552. The van der Waals surface area contributed by atoms with Crippen molar-refractivity contribution in [3.8, 4) is 0 Å². The number of rotatable bonds is 10. The number of nitrogens with two attached hydrogens (primary N) is 1. The average molecular weight is 257 g/mol. The van der Waals surface area contributed by atoms with Crippen LogP contribution in [0.4, 0.5) is 0 Å². The number of amides is 1. The molecule has 0 aromatic heterocycles. The summed E-state index contributed by atoms with van der Waals surface area (Å²) in [5, 5.41) is 3.19. The quantitative estimate of drug-likeness (QED) is 0.586. The van der Waals surface area contributed by atoms with E-state index < -0.39 is 5.54 Å². The van der Waals surface area contributed by atoms with Crippen molar-refractivity contribution < 1.29 is 4.79 Å². The van der Waals surface area contributed by atoms with Crippen molar-refractivity contribution in [2.45, 2.75) is 65.0 Å². The van der Waals surface area contributed by atoms with Gasteiger partial charge in [-0.05, 0) is 59.7 Å². The highest BCUT2D eigenvalue weighted by atomic mass is 16.1. The Morgan fingerprint density at radius 1 is 1.39 bits per heavy atom. The molecule has 0 bridgehead atoms. The molecule has 0 rings (SSSR count). The van der Waals surface area contributed by atoms with Gasteiger partial charge in [0, 0.05) is 6.04 Å². The lowest BCUT2D eigenvalue weighted by atomic mass is 9.94. The summed E-state index contributed by atoms with van der Waals surface area (Å²) in [6.07, 6.45) is 4.11. The molecule has 0 spiro atoms. The van der Waals surface area contributed by atoms with Gasteiger partial charge in [-0.2, -0.15) is 0 Å². The number of hydrogen-bond donors (Lipinski definition) is 2. The Bertz CT molecular complexity index is 245. The maximum atomic E-state index is 11.4. The van der Waals surface area contributed by atoms with Crippen LogP contribution < -0.4 is 11.1 Å². The van der Waals surface area contributed by atoms with E-state index in [0.717, 1.165) is 32.4 Å². The molecule has 108 valence electrons. The summed E-state index contributed by atoms with van der Waals surface area (Å²) in [5.74, 6) is -0.250. The Hall–Kier alpha value is -0.610. The second kappa shape index (κ2) is 8.48. The Balaban J connectivity index is 3.98. The second-order valence-electron chi connectivity index (χ2n) is 5.42. The summed E-state index contributed by atoms with van der Waals surface area (Å²) in [6, 6.07) is 0.626. The van der Waals surface area contributed by atoms with Gasteiger partial charge in [0.2, 0.25) is 5.91 Å². The first-order chi connectivity index (χ1) is 8.37. The molecule has 0 aromatic rings. The van der Waals surface area contributed by atoms with Gasteiger partial charge in [-0.1, -0.05) is 13.8 Å². The standard InChI is InChI=1S/C14H31N3O/c1-6-12(3)17(5)11-9-8-10-14(4,13(15)18)16-7-2/h12,16H,6-11H2,1-5H3,(H2,15,18). The lowest BCUT2D eigenvalue weighted by molar-refractivity contribution is -0.124. The third kappa shape index (κ3) is 5.83. The van der Waals surface area contributed by atoms with Crippen molar-refractivity contribution in [1.29, 1.82) is 0 Å². The van der Waals surface area contributed by atoms with Crippen LogP contribution in [-0.2, 0) is 4.79 Å². The monoisotopic (exact) mass is 257 g/mol. The van der Waals surface area contributed by atoms with Crippen LogP contribution in [0.15, 0.2) is 0 Å². The summed E-state index contributed by atoms with van der Waals surface area (Å²) in [7, 11) is 2.16. The molecule has 0 aliphatic heterocycles. The molecule has 0 aliphatic carbocycles. The number of carbonyl (C=O) groups excluding carboxylic acids is 1. The number of nitrogens with one attached hydrogen (secondary N) is 1. The zero-order valence-electron chi connectivity index (χ0n) is 12.8. The molecule has 18 heavy (non-hydrogen) atoms. The van der Waals surface area contributed by atoms with Gasteiger partial charge >= 0.3 is 0 Å². The van der Waals surface area contributed by atoms with Crippen LogP contribution in [0, 0.1) is 0 Å². The van der Waals surface area contributed by atoms with E-state index in [9.17, 15) is 4.79 Å². The van der Waals surface area contributed by atoms with E-state index in [1.165, 1.54) is 6.42 Å². The average Bonchev–Trinajstić information content (AvgIpc) is 2.33. The fraction of sp³-hybridized carbons (Fsp3) is 0.929. The molecule has 0 radical (unpaired) electrons. The first-order valence-electron chi connectivity index (χ1n) is 7.12. The summed E-state index contributed by atoms with van der Waals surface area (Å²) in [4.78, 5) is 13.8. The van der Waals surface area contributed by atoms with Crippen molar-refractivity contribution >= 4 is 5.91 Å². The van der Waals surface area contributed by atoms with Crippen LogP contribution in [0.1, 0.15) is 53.4 Å². The number of hydrogen-bond acceptors (Lipinski definition) is 3. The number of nitrogens with zero attached hydrogens (tertiary/aromatic N) is 1. The van der Waals surface area contributed by atoms with Gasteiger partial charge in [0.25, 0.3) is 0 Å². The van der Waals surface area contributed by atoms with E-state index in [1.807, 2.05) is 13.8 Å². The maximum absolute atomic E-state index is 11.4. The Labute approximate surface area is 112 Å². The summed E-state index contributed by atoms with van der Waals surface area (Å²) >= 11 is 0. The van der Waals surface area contributed by atoms with Gasteiger partial charge in [-0.15, -0.1) is 0 Å². The smallest absolute Gasteiger partial charge is 0.237 e. The van der Waals surface area contributed by atoms with Gasteiger partial charge in [-0.25, -0.2) is 0 Å². The van der Waals surface area contributed by atoms with Gasteiger partial charge in [0.05, 0.1) is 5.54 Å². The van der Waals surface area contributed by atoms with Crippen molar-refractivity contribution in [2.75, 3.05) is 20.1 Å². The van der Waals surface area contributed by atoms with Crippen molar-refractivity contribution in [3.05, 3.63) is 0 Å². The van der Waals surface area contributed by atoms with E-state index in [-0.39, 0.29) is 5.91 Å². The predicted molar refractivity (Wildman–Crippen MR) is 77.5 cm³/mol. The van der Waals surface area contributed by atoms with Crippen molar-refractivity contribution in [1.82, 2.24) is 10.2 Å². The minimum Gasteiger partial charge on any atom is -0.368 e. The largest absolute Gasteiger partial charge is 0.368 e. The molecule has 0 saturated carbocycles. The van der Waals surface area contributed by atoms with Crippen LogP contribution >= 0.6 is 0 Å². The summed E-state index contributed by atoms with van der Waals surface area (Å²) < 4.78 is 0. The molecule has 4 heteroatoms. The zero-order valence-corrected chi connectivity index (χ0v) is 12.8. The van der Waals surface area contributed by atoms with Gasteiger partial charge < -0.3 is 16.0 Å². The van der Waals surface area contributed by atoms with Gasteiger partial charge in [-0.3, -0.25) is 4.79 Å². The lowest BCUT2D eigenvalue weighted by Crippen LogP contribution is -2.53. The van der Waals surface area contributed by atoms with E-state index in [0.29, 0.717) is 6.04 Å². The van der Waals surface area contributed by atoms with E-state index in [2.05, 4.69) is 31.1 Å². The molecule has 0 saturated heterocycles. The summed E-state index contributed by atoms with van der Waals surface area (Å²) in [5.41, 5.74) is 4.91. The molecule has 2 unspecified atom stereocenters. The normalized spacial score (nSPS) is 16.6. The molecule has 0 aromatic carbocycles. The molecular formula is C14H31N3O. The van der Waals surface area contributed by atoms with E-state index in [1.54, 1.807) is 0 Å². The van der Waals surface area contributed by atoms with Crippen LogP contribution in [-0.4, -0.2) is 42.5 Å². The van der Waals surface area contributed by atoms with Crippen LogP contribution in [0.5, 0.6) is 0 Å². The van der Waals surface area contributed by atoms with E-state index in [4.69, 9.17) is 5.73 Å². The SMILES string of the molecule is CCNC(C)(CCCCN(C)C(C)CC)C(N)=O. The number of carbonyl (C=O) groups is 1. The van der Waals surface area contributed by atoms with Gasteiger partial charge in [0.1, 0.15) is 0 Å². The molecule has 3 N–H and O–H groups in total. The maximum Gasteiger partial charge on any atom is 0.237 e. The first kappa shape index (κ1) is 17.4. The molecule has 1 amide bonds. The number of primary amides is 1. The number of likely N-dealkylation sites (N-methyl/N-ethyl adjacent to an activating group) is 1. The molecule has 0 fully saturated rings. The second-order valence-corrected chi connectivity index (χ2v) is 5.42. The molecule has 4 nitrogen and oxygen atoms in total. The number of unbranched alkanes of at least 4 members (excludes halogenated alkanes) is 1. The van der Waals surface area contributed by atoms with Crippen LogP contribution in [0.25, 0.3) is 0 Å². The predicted octanol–water partition coefficient (Wildman–Crippen LogP) is 1.74. The van der Waals surface area contributed by atoms with Gasteiger partial charge in [0.15, 0.2) is 0 Å². The van der Waals surface area contributed by atoms with Crippen LogP contribution in [0.2, 0.25) is 0 Å². The Kier molecular flexibility index (Phi) is 8.20. The third-order valence-electron chi connectivity index (χ3n) is 3.89. The highest BCUT2D eigenvalue weighted by Crippen LogP contribution is 2.14. The molecule has 0 heterocycles. The molecular weight excluding hydrogens is 226 g/mol. The lowest BCUT2D eigenvalue weighted by Gasteiger charge is -2.28. The van der Waals surface area contributed by atoms with Crippen molar-refractivity contribution in [2.24, 2.45) is 5.73 Å². The Morgan fingerprint density at radius 3 is 2.44 bits per heavy atom. The highest BCUT2D eigenvalue weighted by molar-refractivity contribution is 5.84. The molecule has 0 aliphatic rings. The fourth-order valence-corrected chi connectivity index (χ4v) is 2.06. The first-order valence-corrected chi connectivity index (χ1v) is 7.12. The zero-order chi connectivity index (χ0) is 14.2. The van der Waals surface area contributed by atoms with Crippen LogP contribution in [0.3, 0.4) is 0 Å². The fourth-order valence-electron chi connectivity index (χ4n) is 2.06. The molecule has 2 atom stereocenters. The Morgan fingerprint density at radius 2 is 2.00 bits per heavy atom. The minimum absolute atomic E-state index is 0.250. The summed E-state index contributed by atoms with van der Waals surface area (Å²) in [6.45, 7) is 10.2. The van der Waals surface area contributed by atoms with E-state index >= 15 is 0 Å². The topological polar surface area (TPSA) is 58.4 Å².